The molecule has 0 aliphatic rings. The smallest absolute Gasteiger partial charge is 0.338 e. The van der Waals surface area contributed by atoms with Crippen molar-refractivity contribution >= 4 is 5.97 Å². The number of carbonyl (C=O) groups excluding carboxylic acids is 1. The molecule has 0 aliphatic carbocycles. The number of hydrogen-bond acceptors (Lipinski definition) is 2. The van der Waals surface area contributed by atoms with Gasteiger partial charge in [-0.3, -0.25) is 0 Å². The number of benzene rings is 1. The van der Waals surface area contributed by atoms with E-state index in [4.69, 9.17) is 4.74 Å². The Balaban J connectivity index is 2.20. The number of esters is 1. The molecule has 0 aliphatic heterocycles. The second-order valence-corrected chi connectivity index (χ2v) is 4.78. The zero-order valence-corrected chi connectivity index (χ0v) is 11.5. The molecular weight excluding hydrogens is 224 g/mol. The third-order valence-electron chi connectivity index (χ3n) is 3.03. The van der Waals surface area contributed by atoms with Crippen molar-refractivity contribution in [3.8, 4) is 0 Å². The van der Waals surface area contributed by atoms with E-state index in [1.54, 1.807) is 12.1 Å². The summed E-state index contributed by atoms with van der Waals surface area (Å²) in [6.07, 6.45) is 7.21. The van der Waals surface area contributed by atoms with Crippen LogP contribution in [0, 0.1) is 0 Å². The highest BCUT2D eigenvalue weighted by Gasteiger charge is 2.10. The summed E-state index contributed by atoms with van der Waals surface area (Å²) in [6.45, 7) is 4.19. The van der Waals surface area contributed by atoms with Crippen molar-refractivity contribution in [3.05, 3.63) is 35.9 Å². The fraction of sp³-hybridized carbons (Fsp3) is 0.562. The predicted octanol–water partition coefficient (Wildman–Crippen LogP) is 4.59. The topological polar surface area (TPSA) is 26.3 Å². The van der Waals surface area contributed by atoms with Crippen LogP contribution >= 0.6 is 0 Å². The van der Waals surface area contributed by atoms with E-state index in [2.05, 4.69) is 6.92 Å². The standard InChI is InChI=1S/C16H24O2/c1-3-4-5-6-8-11-14(2)18-16(17)15-12-9-7-10-13-15/h7,9-10,12-14H,3-6,8,11H2,1-2H3. The molecular formula is C16H24O2. The monoisotopic (exact) mass is 248 g/mol. The van der Waals surface area contributed by atoms with Gasteiger partial charge < -0.3 is 4.74 Å². The number of hydrogen-bond donors (Lipinski definition) is 0. The second kappa shape index (κ2) is 8.73. The van der Waals surface area contributed by atoms with Crippen molar-refractivity contribution in [2.75, 3.05) is 0 Å². The maximum Gasteiger partial charge on any atom is 0.338 e. The van der Waals surface area contributed by atoms with E-state index in [0.717, 1.165) is 12.8 Å². The van der Waals surface area contributed by atoms with Gasteiger partial charge in [-0.25, -0.2) is 4.79 Å². The molecule has 0 N–H and O–H groups in total. The van der Waals surface area contributed by atoms with E-state index in [1.807, 2.05) is 25.1 Å². The molecule has 2 heteroatoms. The van der Waals surface area contributed by atoms with Crippen molar-refractivity contribution < 1.29 is 9.53 Å². The van der Waals surface area contributed by atoms with Crippen LogP contribution in [0.2, 0.25) is 0 Å². The molecule has 0 fully saturated rings. The van der Waals surface area contributed by atoms with Crippen molar-refractivity contribution in [1.29, 1.82) is 0 Å². The summed E-state index contributed by atoms with van der Waals surface area (Å²) < 4.78 is 5.40. The van der Waals surface area contributed by atoms with Gasteiger partial charge in [-0.15, -0.1) is 0 Å². The fourth-order valence-electron chi connectivity index (χ4n) is 1.92. The number of carbonyl (C=O) groups is 1. The van der Waals surface area contributed by atoms with Crippen LogP contribution in [0.3, 0.4) is 0 Å². The summed E-state index contributed by atoms with van der Waals surface area (Å²) in [6, 6.07) is 9.18. The Hall–Kier alpha value is -1.31. The largest absolute Gasteiger partial charge is 0.459 e. The third kappa shape index (κ3) is 5.85. The van der Waals surface area contributed by atoms with Crippen molar-refractivity contribution in [1.82, 2.24) is 0 Å². The van der Waals surface area contributed by atoms with Crippen molar-refractivity contribution in [3.63, 3.8) is 0 Å². The maximum atomic E-state index is 11.8. The molecule has 0 amide bonds. The van der Waals surface area contributed by atoms with Crippen LogP contribution in [0.1, 0.15) is 62.7 Å². The minimum absolute atomic E-state index is 0.0133. The fourth-order valence-corrected chi connectivity index (χ4v) is 1.92. The Morgan fingerprint density at radius 2 is 1.78 bits per heavy atom. The van der Waals surface area contributed by atoms with E-state index in [-0.39, 0.29) is 12.1 Å². The Morgan fingerprint density at radius 1 is 1.11 bits per heavy atom. The number of ether oxygens (including phenoxy) is 1. The first-order chi connectivity index (χ1) is 8.74. The average molecular weight is 248 g/mol. The van der Waals surface area contributed by atoms with Crippen LogP contribution in [-0.2, 0) is 4.74 Å². The van der Waals surface area contributed by atoms with E-state index < -0.39 is 0 Å². The highest BCUT2D eigenvalue weighted by molar-refractivity contribution is 5.89. The van der Waals surface area contributed by atoms with Crippen molar-refractivity contribution in [2.45, 2.75) is 58.5 Å². The van der Waals surface area contributed by atoms with Gasteiger partial charge in [0.2, 0.25) is 0 Å². The molecule has 0 radical (unpaired) electrons. The Labute approximate surface area is 110 Å². The zero-order chi connectivity index (χ0) is 13.2. The third-order valence-corrected chi connectivity index (χ3v) is 3.03. The van der Waals surface area contributed by atoms with E-state index in [9.17, 15) is 4.79 Å². The van der Waals surface area contributed by atoms with Gasteiger partial charge in [0.1, 0.15) is 0 Å². The van der Waals surface area contributed by atoms with E-state index >= 15 is 0 Å². The molecule has 2 nitrogen and oxygen atoms in total. The van der Waals surface area contributed by atoms with Crippen LogP contribution in [-0.4, -0.2) is 12.1 Å². The van der Waals surface area contributed by atoms with Gasteiger partial charge in [-0.05, 0) is 31.9 Å². The summed E-state index contributed by atoms with van der Waals surface area (Å²) in [5.74, 6) is -0.211. The molecule has 0 saturated heterocycles. The summed E-state index contributed by atoms with van der Waals surface area (Å²) in [5, 5.41) is 0. The van der Waals surface area contributed by atoms with Crippen molar-refractivity contribution in [2.24, 2.45) is 0 Å². The highest BCUT2D eigenvalue weighted by Crippen LogP contribution is 2.11. The lowest BCUT2D eigenvalue weighted by Crippen LogP contribution is -2.14. The lowest BCUT2D eigenvalue weighted by atomic mass is 10.1. The number of unbranched alkanes of at least 4 members (excludes halogenated alkanes) is 4. The molecule has 0 saturated carbocycles. The predicted molar refractivity (Wildman–Crippen MR) is 74.7 cm³/mol. The quantitative estimate of drug-likeness (QED) is 0.496. The minimum Gasteiger partial charge on any atom is -0.459 e. The zero-order valence-electron chi connectivity index (χ0n) is 11.5. The first-order valence-electron chi connectivity index (χ1n) is 7.00. The average Bonchev–Trinajstić information content (AvgIpc) is 2.39. The summed E-state index contributed by atoms with van der Waals surface area (Å²) in [4.78, 5) is 11.8. The van der Waals surface area contributed by atoms with Crippen LogP contribution in [0.4, 0.5) is 0 Å². The van der Waals surface area contributed by atoms with Gasteiger partial charge >= 0.3 is 5.97 Å². The van der Waals surface area contributed by atoms with Gasteiger partial charge in [0, 0.05) is 0 Å². The molecule has 0 heterocycles. The molecule has 18 heavy (non-hydrogen) atoms. The highest BCUT2D eigenvalue weighted by atomic mass is 16.5. The molecule has 1 aromatic rings. The molecule has 0 bridgehead atoms. The molecule has 1 unspecified atom stereocenters. The molecule has 0 spiro atoms. The van der Waals surface area contributed by atoms with Gasteiger partial charge in [-0.1, -0.05) is 50.8 Å². The first kappa shape index (κ1) is 14.7. The molecule has 100 valence electrons. The molecule has 0 aromatic heterocycles. The van der Waals surface area contributed by atoms with Gasteiger partial charge in [0.25, 0.3) is 0 Å². The minimum atomic E-state index is -0.211. The summed E-state index contributed by atoms with van der Waals surface area (Å²) in [5.41, 5.74) is 0.635. The van der Waals surface area contributed by atoms with Crippen LogP contribution in [0.25, 0.3) is 0 Å². The molecule has 1 atom stereocenters. The Bertz CT molecular complexity index is 332. The Morgan fingerprint density at radius 3 is 2.44 bits per heavy atom. The van der Waals surface area contributed by atoms with E-state index in [1.165, 1.54) is 25.7 Å². The normalized spacial score (nSPS) is 12.1. The lowest BCUT2D eigenvalue weighted by Gasteiger charge is -2.13. The second-order valence-electron chi connectivity index (χ2n) is 4.78. The van der Waals surface area contributed by atoms with Gasteiger partial charge in [-0.2, -0.15) is 0 Å². The Kier molecular flexibility index (Phi) is 7.16. The van der Waals surface area contributed by atoms with Gasteiger partial charge in [0.15, 0.2) is 0 Å². The van der Waals surface area contributed by atoms with Crippen LogP contribution in [0.15, 0.2) is 30.3 Å². The van der Waals surface area contributed by atoms with Crippen LogP contribution in [0.5, 0.6) is 0 Å². The van der Waals surface area contributed by atoms with Crippen LogP contribution < -0.4 is 0 Å². The molecule has 1 rings (SSSR count). The lowest BCUT2D eigenvalue weighted by molar-refractivity contribution is 0.0319. The first-order valence-corrected chi connectivity index (χ1v) is 7.00. The summed E-state index contributed by atoms with van der Waals surface area (Å²) in [7, 11) is 0. The molecule has 1 aromatic carbocycles. The maximum absolute atomic E-state index is 11.8. The number of rotatable bonds is 8. The SMILES string of the molecule is CCCCCCCC(C)OC(=O)c1ccccc1. The summed E-state index contributed by atoms with van der Waals surface area (Å²) >= 11 is 0. The van der Waals surface area contributed by atoms with E-state index in [0.29, 0.717) is 5.56 Å². The van der Waals surface area contributed by atoms with Gasteiger partial charge in [0.05, 0.1) is 11.7 Å².